The highest BCUT2D eigenvalue weighted by Crippen LogP contribution is 2.40. The molecule has 2 aromatic carbocycles. The summed E-state index contributed by atoms with van der Waals surface area (Å²) in [6.07, 6.45) is 1.76. The Kier molecular flexibility index (Phi) is 4.27. The second-order valence-corrected chi connectivity index (χ2v) is 8.10. The van der Waals surface area contributed by atoms with E-state index in [0.29, 0.717) is 33.8 Å². The van der Waals surface area contributed by atoms with Gasteiger partial charge in [-0.1, -0.05) is 29.8 Å². The first kappa shape index (κ1) is 18.7. The van der Waals surface area contributed by atoms with Crippen LogP contribution >= 0.6 is 11.6 Å². The van der Waals surface area contributed by atoms with Crippen molar-refractivity contribution in [1.29, 1.82) is 0 Å². The van der Waals surface area contributed by atoms with Gasteiger partial charge in [0.25, 0.3) is 11.8 Å². The predicted octanol–water partition coefficient (Wildman–Crippen LogP) is 3.93. The van der Waals surface area contributed by atoms with Gasteiger partial charge < -0.3 is 14.9 Å². The maximum atomic E-state index is 12.9. The summed E-state index contributed by atoms with van der Waals surface area (Å²) in [5.41, 5.74) is 4.64. The van der Waals surface area contributed by atoms with Crippen molar-refractivity contribution < 1.29 is 9.59 Å². The van der Waals surface area contributed by atoms with Gasteiger partial charge in [0, 0.05) is 56.4 Å². The van der Waals surface area contributed by atoms with Gasteiger partial charge in [-0.05, 0) is 38.4 Å². The molecule has 5 rings (SSSR count). The fourth-order valence-corrected chi connectivity index (χ4v) is 4.40. The molecule has 0 aliphatic carbocycles. The van der Waals surface area contributed by atoms with Crippen LogP contribution in [0.2, 0.25) is 5.02 Å². The number of imide groups is 1. The predicted molar refractivity (Wildman–Crippen MR) is 119 cm³/mol. The van der Waals surface area contributed by atoms with Crippen LogP contribution in [0.4, 0.5) is 0 Å². The first-order valence-electron chi connectivity index (χ1n) is 9.55. The van der Waals surface area contributed by atoms with Crippen LogP contribution in [0, 0.1) is 0 Å². The van der Waals surface area contributed by atoms with E-state index in [2.05, 4.69) is 20.2 Å². The van der Waals surface area contributed by atoms with Gasteiger partial charge in [-0.25, -0.2) is 0 Å². The molecule has 0 spiro atoms. The number of aromatic nitrogens is 2. The minimum absolute atomic E-state index is 0.302. The maximum absolute atomic E-state index is 12.9. The molecule has 1 aliphatic rings. The molecular weight excluding hydrogens is 400 g/mol. The zero-order chi connectivity index (χ0) is 21.0. The number of nitrogens with one attached hydrogen (secondary N) is 3. The molecule has 0 atom stereocenters. The number of benzene rings is 2. The molecule has 0 radical (unpaired) electrons. The molecule has 2 amide bonds. The fourth-order valence-electron chi connectivity index (χ4n) is 4.14. The summed E-state index contributed by atoms with van der Waals surface area (Å²) in [6, 6.07) is 13.3. The Balaban J connectivity index is 1.81. The van der Waals surface area contributed by atoms with E-state index in [1.165, 1.54) is 0 Å². The van der Waals surface area contributed by atoms with E-state index in [-0.39, 0.29) is 0 Å². The van der Waals surface area contributed by atoms with E-state index in [1.807, 2.05) is 50.5 Å². The summed E-state index contributed by atoms with van der Waals surface area (Å²) < 4.78 is 0. The Labute approximate surface area is 177 Å². The van der Waals surface area contributed by atoms with Crippen molar-refractivity contribution in [3.8, 4) is 0 Å². The third kappa shape index (κ3) is 2.84. The molecule has 0 saturated carbocycles. The lowest BCUT2D eigenvalue weighted by molar-refractivity contribution is -0.122. The molecule has 0 bridgehead atoms. The number of H-pyrrole nitrogens is 2. The van der Waals surface area contributed by atoms with Gasteiger partial charge in [0.1, 0.15) is 0 Å². The Morgan fingerprint density at radius 3 is 2.50 bits per heavy atom. The van der Waals surface area contributed by atoms with Gasteiger partial charge in [0.2, 0.25) is 0 Å². The molecule has 150 valence electrons. The lowest BCUT2D eigenvalue weighted by Crippen LogP contribution is -2.22. The molecule has 0 unspecified atom stereocenters. The SMILES string of the molecule is CN(C)Cc1cc2c(C3=C(c4c[nH]c5ccccc45)C(=O)NC3=O)c(Cl)ccc2[nH]1. The number of para-hydroxylation sites is 1. The summed E-state index contributed by atoms with van der Waals surface area (Å²) in [7, 11) is 3.97. The highest BCUT2D eigenvalue weighted by Gasteiger charge is 2.35. The maximum Gasteiger partial charge on any atom is 0.259 e. The molecule has 3 N–H and O–H groups in total. The zero-order valence-electron chi connectivity index (χ0n) is 16.5. The number of carbonyl (C=O) groups excluding carboxylic acids is 2. The first-order valence-corrected chi connectivity index (χ1v) is 9.93. The second-order valence-electron chi connectivity index (χ2n) is 7.70. The smallest absolute Gasteiger partial charge is 0.259 e. The largest absolute Gasteiger partial charge is 0.361 e. The highest BCUT2D eigenvalue weighted by molar-refractivity contribution is 6.52. The monoisotopic (exact) mass is 418 g/mol. The van der Waals surface area contributed by atoms with Crippen LogP contribution in [0.25, 0.3) is 33.0 Å². The van der Waals surface area contributed by atoms with E-state index >= 15 is 0 Å². The Hall–Kier alpha value is -3.35. The van der Waals surface area contributed by atoms with Crippen LogP contribution in [0.1, 0.15) is 16.8 Å². The highest BCUT2D eigenvalue weighted by atomic mass is 35.5. The number of hydrogen-bond donors (Lipinski definition) is 3. The summed E-state index contributed by atoms with van der Waals surface area (Å²) in [5, 5.41) is 4.57. The van der Waals surface area contributed by atoms with Crippen molar-refractivity contribution in [1.82, 2.24) is 20.2 Å². The van der Waals surface area contributed by atoms with Gasteiger partial charge in [-0.2, -0.15) is 0 Å². The lowest BCUT2D eigenvalue weighted by Gasteiger charge is -2.08. The second kappa shape index (κ2) is 6.86. The molecule has 4 aromatic rings. The van der Waals surface area contributed by atoms with Crippen molar-refractivity contribution in [2.45, 2.75) is 6.54 Å². The van der Waals surface area contributed by atoms with E-state index in [4.69, 9.17) is 11.6 Å². The summed E-state index contributed by atoms with van der Waals surface area (Å²) in [5.74, 6) is -0.859. The number of fused-ring (bicyclic) bond motifs is 2. The van der Waals surface area contributed by atoms with E-state index in [1.54, 1.807) is 12.3 Å². The molecular formula is C23H19ClN4O2. The summed E-state index contributed by atoms with van der Waals surface area (Å²) in [6.45, 7) is 0.714. The average Bonchev–Trinajstić information content (AvgIpc) is 3.36. The summed E-state index contributed by atoms with van der Waals surface area (Å²) >= 11 is 6.60. The quantitative estimate of drug-likeness (QED) is 0.439. The van der Waals surface area contributed by atoms with Crippen LogP contribution in [-0.2, 0) is 16.1 Å². The van der Waals surface area contributed by atoms with Crippen LogP contribution in [-0.4, -0.2) is 40.8 Å². The van der Waals surface area contributed by atoms with Gasteiger partial charge in [-0.3, -0.25) is 14.9 Å². The van der Waals surface area contributed by atoms with Crippen molar-refractivity contribution in [2.75, 3.05) is 14.1 Å². The lowest BCUT2D eigenvalue weighted by atomic mass is 9.94. The standard InChI is InChI=1S/C23H19ClN4O2/c1-28(2)11-12-9-14-18(26-12)8-7-16(24)19(14)21-20(22(29)27-23(21)30)15-10-25-17-6-4-3-5-13(15)17/h3-10,25-26H,11H2,1-2H3,(H,27,29,30). The van der Waals surface area contributed by atoms with E-state index in [0.717, 1.165) is 27.5 Å². The molecule has 0 fully saturated rings. The number of nitrogens with zero attached hydrogens (tertiary/aromatic N) is 1. The molecule has 30 heavy (non-hydrogen) atoms. The molecule has 3 heterocycles. The number of carbonyl (C=O) groups is 2. The van der Waals surface area contributed by atoms with Gasteiger partial charge in [0.15, 0.2) is 0 Å². The molecule has 1 aliphatic heterocycles. The number of halogens is 1. The van der Waals surface area contributed by atoms with Crippen molar-refractivity contribution in [3.63, 3.8) is 0 Å². The number of amides is 2. The van der Waals surface area contributed by atoms with E-state index in [9.17, 15) is 9.59 Å². The first-order chi connectivity index (χ1) is 14.4. The Bertz CT molecular complexity index is 1380. The van der Waals surface area contributed by atoms with Crippen molar-refractivity contribution in [3.05, 3.63) is 70.5 Å². The average molecular weight is 419 g/mol. The topological polar surface area (TPSA) is 81.0 Å². The van der Waals surface area contributed by atoms with Crippen molar-refractivity contribution >= 4 is 56.4 Å². The number of rotatable bonds is 4. The zero-order valence-corrected chi connectivity index (χ0v) is 17.2. The Morgan fingerprint density at radius 2 is 1.70 bits per heavy atom. The van der Waals surface area contributed by atoms with Crippen LogP contribution in [0.5, 0.6) is 0 Å². The Morgan fingerprint density at radius 1 is 0.933 bits per heavy atom. The molecule has 6 nitrogen and oxygen atoms in total. The minimum atomic E-state index is -0.440. The molecule has 7 heteroatoms. The number of aromatic amines is 2. The van der Waals surface area contributed by atoms with E-state index < -0.39 is 11.8 Å². The minimum Gasteiger partial charge on any atom is -0.361 e. The van der Waals surface area contributed by atoms with Crippen LogP contribution in [0.15, 0.2) is 48.7 Å². The number of hydrogen-bond acceptors (Lipinski definition) is 3. The third-order valence-corrected chi connectivity index (χ3v) is 5.65. The summed E-state index contributed by atoms with van der Waals surface area (Å²) in [4.78, 5) is 34.4. The van der Waals surface area contributed by atoms with Gasteiger partial charge in [0.05, 0.1) is 11.1 Å². The van der Waals surface area contributed by atoms with Gasteiger partial charge in [-0.15, -0.1) is 0 Å². The van der Waals surface area contributed by atoms with Crippen LogP contribution < -0.4 is 5.32 Å². The molecule has 0 saturated heterocycles. The third-order valence-electron chi connectivity index (χ3n) is 5.33. The van der Waals surface area contributed by atoms with Crippen LogP contribution in [0.3, 0.4) is 0 Å². The fraction of sp³-hybridized carbons (Fsp3) is 0.130. The normalized spacial score (nSPS) is 14.5. The van der Waals surface area contributed by atoms with Gasteiger partial charge >= 0.3 is 0 Å². The molecule has 2 aromatic heterocycles. The van der Waals surface area contributed by atoms with Crippen molar-refractivity contribution in [2.24, 2.45) is 0 Å².